The van der Waals surface area contributed by atoms with E-state index in [0.717, 1.165) is 0 Å². The third-order valence-electron chi connectivity index (χ3n) is 2.49. The van der Waals surface area contributed by atoms with Crippen LogP contribution in [0.4, 0.5) is 0 Å². The fraction of sp³-hybridized carbons (Fsp3) is 0.176. The van der Waals surface area contributed by atoms with Crippen LogP contribution in [0.3, 0.4) is 0 Å². The molecule has 0 radical (unpaired) electrons. The van der Waals surface area contributed by atoms with Gasteiger partial charge in [-0.1, -0.05) is 61.6 Å². The Morgan fingerprint density at radius 3 is 1.53 bits per heavy atom. The van der Waals surface area contributed by atoms with E-state index in [0.29, 0.717) is 0 Å². The van der Waals surface area contributed by atoms with Crippen molar-refractivity contribution < 1.29 is 0 Å². The Bertz CT molecular complexity index is 534. The molecule has 0 aromatic heterocycles. The second-order valence-electron chi connectivity index (χ2n) is 5.41. The summed E-state index contributed by atoms with van der Waals surface area (Å²) in [6.07, 6.45) is 0. The van der Waals surface area contributed by atoms with E-state index < -0.39 is 8.07 Å². The van der Waals surface area contributed by atoms with Gasteiger partial charge < -0.3 is 0 Å². The lowest BCUT2D eigenvalue weighted by Gasteiger charge is -2.04. The van der Waals surface area contributed by atoms with Gasteiger partial charge in [-0.05, 0) is 24.3 Å². The standard InChI is InChI=1S/C17H19SSi/c1-19(2,3)15-14-18(16-10-6-4-7-11-16)17-12-8-5-9-13-17/h4-13H,1-3H3/q+1. The minimum Gasteiger partial charge on any atom is -0.0753 e. The van der Waals surface area contributed by atoms with Crippen LogP contribution in [0.5, 0.6) is 0 Å². The molecule has 96 valence electrons. The lowest BCUT2D eigenvalue weighted by molar-refractivity contribution is 1.39. The van der Waals surface area contributed by atoms with E-state index in [1.165, 1.54) is 9.79 Å². The van der Waals surface area contributed by atoms with E-state index in [1.807, 2.05) is 0 Å². The summed E-state index contributed by atoms with van der Waals surface area (Å²) in [6, 6.07) is 21.2. The molecule has 0 aliphatic carbocycles. The maximum atomic E-state index is 3.53. The predicted octanol–water partition coefficient (Wildman–Crippen LogP) is 4.56. The van der Waals surface area contributed by atoms with Gasteiger partial charge in [-0.25, -0.2) is 0 Å². The largest absolute Gasteiger partial charge is 0.175 e. The van der Waals surface area contributed by atoms with E-state index in [1.54, 1.807) is 0 Å². The first kappa shape index (κ1) is 14.0. The Labute approximate surface area is 120 Å². The molecule has 0 nitrogen and oxygen atoms in total. The number of benzene rings is 2. The molecule has 0 amide bonds. The fourth-order valence-electron chi connectivity index (χ4n) is 1.57. The van der Waals surface area contributed by atoms with Crippen molar-refractivity contribution in [2.24, 2.45) is 0 Å². The average molecular weight is 283 g/mol. The molecule has 19 heavy (non-hydrogen) atoms. The lowest BCUT2D eigenvalue weighted by Crippen LogP contribution is -2.17. The van der Waals surface area contributed by atoms with Crippen molar-refractivity contribution in [1.29, 1.82) is 0 Å². The Balaban J connectivity index is 2.42. The molecule has 2 aromatic carbocycles. The highest BCUT2D eigenvalue weighted by Crippen LogP contribution is 2.22. The van der Waals surface area contributed by atoms with E-state index in [9.17, 15) is 0 Å². The minimum absolute atomic E-state index is 0.124. The summed E-state index contributed by atoms with van der Waals surface area (Å²) in [4.78, 5) is 2.61. The minimum atomic E-state index is -1.34. The van der Waals surface area contributed by atoms with Crippen LogP contribution in [0, 0.1) is 10.8 Å². The van der Waals surface area contributed by atoms with Gasteiger partial charge in [0.2, 0.25) is 0 Å². The molecule has 0 fully saturated rings. The van der Waals surface area contributed by atoms with E-state index in [-0.39, 0.29) is 10.9 Å². The van der Waals surface area contributed by atoms with Crippen LogP contribution in [0.2, 0.25) is 19.6 Å². The molecular weight excluding hydrogens is 264 g/mol. The lowest BCUT2D eigenvalue weighted by atomic mass is 10.4. The molecule has 0 saturated carbocycles. The predicted molar refractivity (Wildman–Crippen MR) is 87.9 cm³/mol. The Hall–Kier alpha value is -1.43. The van der Waals surface area contributed by atoms with Crippen molar-refractivity contribution >= 4 is 19.0 Å². The maximum absolute atomic E-state index is 3.53. The van der Waals surface area contributed by atoms with Gasteiger partial charge in [-0.2, -0.15) is 0 Å². The second-order valence-corrected chi connectivity index (χ2v) is 11.9. The molecule has 0 bridgehead atoms. The SMILES string of the molecule is C[Si](C)(C)C#C[S+](c1ccccc1)c1ccccc1. The second kappa shape index (κ2) is 6.14. The Morgan fingerprint density at radius 2 is 1.16 bits per heavy atom. The van der Waals surface area contributed by atoms with Crippen molar-refractivity contribution in [2.45, 2.75) is 29.4 Å². The smallest absolute Gasteiger partial charge is 0.0753 e. The van der Waals surface area contributed by atoms with Gasteiger partial charge in [-0.3, -0.25) is 0 Å². The van der Waals surface area contributed by atoms with Crippen molar-refractivity contribution in [3.05, 3.63) is 60.7 Å². The van der Waals surface area contributed by atoms with Gasteiger partial charge in [0.05, 0.1) is 0 Å². The summed E-state index contributed by atoms with van der Waals surface area (Å²) in [6.45, 7) is 6.87. The maximum Gasteiger partial charge on any atom is 0.175 e. The first-order chi connectivity index (χ1) is 9.06. The number of hydrogen-bond donors (Lipinski definition) is 0. The molecule has 0 atom stereocenters. The molecule has 0 saturated heterocycles. The van der Waals surface area contributed by atoms with Gasteiger partial charge in [0, 0.05) is 0 Å². The molecule has 2 rings (SSSR count). The number of hydrogen-bond acceptors (Lipinski definition) is 0. The zero-order valence-electron chi connectivity index (χ0n) is 11.7. The molecule has 2 aromatic rings. The molecule has 0 heterocycles. The van der Waals surface area contributed by atoms with Crippen LogP contribution in [-0.4, -0.2) is 8.07 Å². The van der Waals surface area contributed by atoms with Crippen LogP contribution in [0.25, 0.3) is 0 Å². The summed E-state index contributed by atoms with van der Waals surface area (Å²) in [5, 5.41) is 3.53. The van der Waals surface area contributed by atoms with Crippen LogP contribution in [0.1, 0.15) is 0 Å². The fourth-order valence-corrected chi connectivity index (χ4v) is 4.57. The van der Waals surface area contributed by atoms with Crippen LogP contribution in [0.15, 0.2) is 70.5 Å². The summed E-state index contributed by atoms with van der Waals surface area (Å²) in [5.41, 5.74) is 3.52. The van der Waals surface area contributed by atoms with Crippen molar-refractivity contribution in [3.63, 3.8) is 0 Å². The van der Waals surface area contributed by atoms with Crippen LogP contribution in [-0.2, 0) is 10.9 Å². The summed E-state index contributed by atoms with van der Waals surface area (Å²) in [5.74, 6) is 0. The van der Waals surface area contributed by atoms with Gasteiger partial charge in [0.15, 0.2) is 15.0 Å². The third-order valence-corrected chi connectivity index (χ3v) is 5.34. The van der Waals surface area contributed by atoms with E-state index in [2.05, 4.69) is 91.1 Å². The number of rotatable bonds is 2. The van der Waals surface area contributed by atoms with Gasteiger partial charge in [0.25, 0.3) is 0 Å². The van der Waals surface area contributed by atoms with Crippen LogP contribution >= 0.6 is 0 Å². The summed E-state index contributed by atoms with van der Waals surface area (Å²) >= 11 is 0. The van der Waals surface area contributed by atoms with Crippen molar-refractivity contribution in [3.8, 4) is 10.8 Å². The monoisotopic (exact) mass is 283 g/mol. The molecule has 0 aliphatic rings. The molecule has 0 unspecified atom stereocenters. The summed E-state index contributed by atoms with van der Waals surface area (Å²) < 4.78 is 0. The Morgan fingerprint density at radius 1 is 0.737 bits per heavy atom. The average Bonchev–Trinajstić information content (AvgIpc) is 2.40. The van der Waals surface area contributed by atoms with E-state index >= 15 is 0 Å². The first-order valence-electron chi connectivity index (χ1n) is 6.43. The topological polar surface area (TPSA) is 0 Å². The molecular formula is C17H19SSi+. The van der Waals surface area contributed by atoms with Gasteiger partial charge in [0.1, 0.15) is 19.0 Å². The van der Waals surface area contributed by atoms with Crippen LogP contribution < -0.4 is 0 Å². The third kappa shape index (κ3) is 4.31. The van der Waals surface area contributed by atoms with Gasteiger partial charge >= 0.3 is 0 Å². The normalized spacial score (nSPS) is 10.9. The highest BCUT2D eigenvalue weighted by Gasteiger charge is 2.24. The van der Waals surface area contributed by atoms with Crippen molar-refractivity contribution in [1.82, 2.24) is 0 Å². The highest BCUT2D eigenvalue weighted by atomic mass is 32.2. The summed E-state index contributed by atoms with van der Waals surface area (Å²) in [7, 11) is -1.46. The van der Waals surface area contributed by atoms with Crippen molar-refractivity contribution in [2.75, 3.05) is 0 Å². The van der Waals surface area contributed by atoms with Gasteiger partial charge in [-0.15, -0.1) is 0 Å². The molecule has 0 N–H and O–H groups in total. The Kier molecular flexibility index (Phi) is 4.52. The van der Waals surface area contributed by atoms with E-state index in [4.69, 9.17) is 0 Å². The molecule has 0 spiro atoms. The zero-order valence-corrected chi connectivity index (χ0v) is 13.5. The quantitative estimate of drug-likeness (QED) is 0.430. The highest BCUT2D eigenvalue weighted by molar-refractivity contribution is 8.01. The molecule has 0 aliphatic heterocycles. The first-order valence-corrected chi connectivity index (χ1v) is 11.2. The molecule has 2 heteroatoms. The zero-order chi connectivity index (χ0) is 13.7.